The van der Waals surface area contributed by atoms with Gasteiger partial charge in [-0.15, -0.1) is 0 Å². The van der Waals surface area contributed by atoms with Gasteiger partial charge in [0.25, 0.3) is 0 Å². The summed E-state index contributed by atoms with van der Waals surface area (Å²) in [6.07, 6.45) is 5.78. The van der Waals surface area contributed by atoms with Gasteiger partial charge >= 0.3 is 0 Å². The number of nitrogens with one attached hydrogen (secondary N) is 1. The Bertz CT molecular complexity index is 169. The minimum atomic E-state index is -0.154. The lowest BCUT2D eigenvalue weighted by Crippen LogP contribution is -2.41. The number of hydrogen-bond acceptors (Lipinski definition) is 3. The smallest absolute Gasteiger partial charge is 0.0664 e. The van der Waals surface area contributed by atoms with E-state index in [0.717, 1.165) is 26.1 Å². The van der Waals surface area contributed by atoms with Gasteiger partial charge in [-0.05, 0) is 38.8 Å². The molecule has 1 saturated heterocycles. The first kappa shape index (κ1) is 13.9. The van der Waals surface area contributed by atoms with E-state index in [1.165, 1.54) is 32.2 Å². The van der Waals surface area contributed by atoms with Crippen LogP contribution >= 0.6 is 0 Å². The normalized spacial score (nSPS) is 22.9. The molecule has 16 heavy (non-hydrogen) atoms. The van der Waals surface area contributed by atoms with Crippen LogP contribution < -0.4 is 5.32 Å². The lowest BCUT2D eigenvalue weighted by molar-refractivity contribution is 0.103. The van der Waals surface area contributed by atoms with Crippen LogP contribution in [0.1, 0.15) is 46.0 Å². The van der Waals surface area contributed by atoms with E-state index in [-0.39, 0.29) is 6.10 Å². The molecule has 0 aliphatic carbocycles. The van der Waals surface area contributed by atoms with Crippen molar-refractivity contribution in [2.75, 3.05) is 26.2 Å². The molecular formula is C13H28N2O. The fourth-order valence-electron chi connectivity index (χ4n) is 2.29. The summed E-state index contributed by atoms with van der Waals surface area (Å²) in [5.74, 6) is 0. The van der Waals surface area contributed by atoms with Gasteiger partial charge in [-0.3, -0.25) is 4.90 Å². The Morgan fingerprint density at radius 3 is 2.81 bits per heavy atom. The Hall–Kier alpha value is -0.120. The quantitative estimate of drug-likeness (QED) is 0.662. The standard InChI is InChI=1S/C13H28N2O/c1-3-5-9-15(11-13(16)4-2)10-12-7-6-8-14-12/h12-14,16H,3-11H2,1-2H3. The number of nitrogens with zero attached hydrogens (tertiary/aromatic N) is 1. The highest BCUT2D eigenvalue weighted by atomic mass is 16.3. The van der Waals surface area contributed by atoms with Crippen molar-refractivity contribution in [3.05, 3.63) is 0 Å². The van der Waals surface area contributed by atoms with Gasteiger partial charge < -0.3 is 10.4 Å². The fraction of sp³-hybridized carbons (Fsp3) is 1.00. The lowest BCUT2D eigenvalue weighted by atomic mass is 10.2. The number of hydrogen-bond donors (Lipinski definition) is 2. The minimum Gasteiger partial charge on any atom is -0.392 e. The van der Waals surface area contributed by atoms with E-state index in [4.69, 9.17) is 0 Å². The lowest BCUT2D eigenvalue weighted by Gasteiger charge is -2.27. The van der Waals surface area contributed by atoms with Crippen LogP contribution in [0.2, 0.25) is 0 Å². The molecule has 0 amide bonds. The van der Waals surface area contributed by atoms with Crippen molar-refractivity contribution in [1.29, 1.82) is 0 Å². The number of rotatable bonds is 8. The largest absolute Gasteiger partial charge is 0.392 e. The maximum Gasteiger partial charge on any atom is 0.0664 e. The van der Waals surface area contributed by atoms with E-state index in [9.17, 15) is 5.11 Å². The van der Waals surface area contributed by atoms with Crippen LogP contribution in [0.3, 0.4) is 0 Å². The fourth-order valence-corrected chi connectivity index (χ4v) is 2.29. The summed E-state index contributed by atoms with van der Waals surface area (Å²) in [4.78, 5) is 2.43. The van der Waals surface area contributed by atoms with Crippen molar-refractivity contribution >= 4 is 0 Å². The zero-order valence-corrected chi connectivity index (χ0v) is 10.9. The molecule has 3 heteroatoms. The molecule has 1 heterocycles. The molecular weight excluding hydrogens is 200 g/mol. The van der Waals surface area contributed by atoms with Gasteiger partial charge in [-0.25, -0.2) is 0 Å². The molecule has 2 atom stereocenters. The van der Waals surface area contributed by atoms with Crippen molar-refractivity contribution in [2.45, 2.75) is 58.1 Å². The third-order valence-electron chi connectivity index (χ3n) is 3.41. The highest BCUT2D eigenvalue weighted by Gasteiger charge is 2.18. The van der Waals surface area contributed by atoms with E-state index in [1.54, 1.807) is 0 Å². The zero-order chi connectivity index (χ0) is 11.8. The summed E-state index contributed by atoms with van der Waals surface area (Å²) in [5, 5.41) is 13.3. The monoisotopic (exact) mass is 228 g/mol. The van der Waals surface area contributed by atoms with Gasteiger partial charge in [0.1, 0.15) is 0 Å². The topological polar surface area (TPSA) is 35.5 Å². The molecule has 1 aliphatic heterocycles. The van der Waals surface area contributed by atoms with Crippen LogP contribution in [0.15, 0.2) is 0 Å². The third kappa shape index (κ3) is 5.28. The Morgan fingerprint density at radius 2 is 2.25 bits per heavy atom. The van der Waals surface area contributed by atoms with E-state index in [0.29, 0.717) is 6.04 Å². The van der Waals surface area contributed by atoms with Gasteiger partial charge in [0.05, 0.1) is 6.10 Å². The number of unbranched alkanes of at least 4 members (excludes halogenated alkanes) is 1. The second-order valence-corrected chi connectivity index (χ2v) is 4.97. The summed E-state index contributed by atoms with van der Waals surface area (Å²) in [7, 11) is 0. The highest BCUT2D eigenvalue weighted by Crippen LogP contribution is 2.09. The van der Waals surface area contributed by atoms with E-state index in [2.05, 4.69) is 24.1 Å². The summed E-state index contributed by atoms with van der Waals surface area (Å²) in [6, 6.07) is 0.654. The van der Waals surface area contributed by atoms with Crippen molar-refractivity contribution < 1.29 is 5.11 Å². The van der Waals surface area contributed by atoms with Gasteiger partial charge in [0.2, 0.25) is 0 Å². The SMILES string of the molecule is CCCCN(CC(O)CC)CC1CCCN1. The molecule has 1 aliphatic rings. The molecule has 2 N–H and O–H groups in total. The van der Waals surface area contributed by atoms with Crippen molar-refractivity contribution in [3.63, 3.8) is 0 Å². The predicted molar refractivity (Wildman–Crippen MR) is 68.7 cm³/mol. The highest BCUT2D eigenvalue weighted by molar-refractivity contribution is 4.78. The molecule has 96 valence electrons. The molecule has 0 radical (unpaired) electrons. The minimum absolute atomic E-state index is 0.154. The van der Waals surface area contributed by atoms with Crippen LogP contribution in [0.25, 0.3) is 0 Å². The van der Waals surface area contributed by atoms with Gasteiger partial charge in [-0.2, -0.15) is 0 Å². The molecule has 0 aromatic carbocycles. The van der Waals surface area contributed by atoms with E-state index in [1.807, 2.05) is 0 Å². The summed E-state index contributed by atoms with van der Waals surface area (Å²) < 4.78 is 0. The van der Waals surface area contributed by atoms with Crippen LogP contribution in [0.4, 0.5) is 0 Å². The first-order valence-electron chi connectivity index (χ1n) is 6.90. The second-order valence-electron chi connectivity index (χ2n) is 4.97. The maximum absolute atomic E-state index is 9.74. The first-order valence-corrected chi connectivity index (χ1v) is 6.90. The molecule has 2 unspecified atom stereocenters. The van der Waals surface area contributed by atoms with Crippen molar-refractivity contribution in [1.82, 2.24) is 10.2 Å². The number of aliphatic hydroxyl groups excluding tert-OH is 1. The molecule has 0 spiro atoms. The molecule has 1 fully saturated rings. The molecule has 1 rings (SSSR count). The van der Waals surface area contributed by atoms with Crippen LogP contribution in [-0.2, 0) is 0 Å². The third-order valence-corrected chi connectivity index (χ3v) is 3.41. The summed E-state index contributed by atoms with van der Waals surface area (Å²) in [6.45, 7) is 8.53. The zero-order valence-electron chi connectivity index (χ0n) is 10.9. The predicted octanol–water partition coefficient (Wildman–Crippen LogP) is 1.61. The van der Waals surface area contributed by atoms with Gasteiger partial charge in [0.15, 0.2) is 0 Å². The van der Waals surface area contributed by atoms with Crippen LogP contribution in [0.5, 0.6) is 0 Å². The van der Waals surface area contributed by atoms with E-state index < -0.39 is 0 Å². The van der Waals surface area contributed by atoms with E-state index >= 15 is 0 Å². The average Bonchev–Trinajstić information content (AvgIpc) is 2.78. The Labute approximate surface area is 100 Å². The second kappa shape index (κ2) is 8.04. The maximum atomic E-state index is 9.74. The number of aliphatic hydroxyl groups is 1. The Kier molecular flexibility index (Phi) is 7.01. The molecule has 0 aromatic heterocycles. The van der Waals surface area contributed by atoms with Crippen LogP contribution in [-0.4, -0.2) is 48.3 Å². The molecule has 0 aromatic rings. The van der Waals surface area contributed by atoms with Gasteiger partial charge in [0, 0.05) is 19.1 Å². The van der Waals surface area contributed by atoms with Crippen molar-refractivity contribution in [3.8, 4) is 0 Å². The van der Waals surface area contributed by atoms with Crippen LogP contribution in [0, 0.1) is 0 Å². The van der Waals surface area contributed by atoms with Gasteiger partial charge in [-0.1, -0.05) is 20.3 Å². The Morgan fingerprint density at radius 1 is 1.44 bits per heavy atom. The average molecular weight is 228 g/mol. The summed E-state index contributed by atoms with van der Waals surface area (Å²) in [5.41, 5.74) is 0. The molecule has 0 saturated carbocycles. The summed E-state index contributed by atoms with van der Waals surface area (Å²) >= 11 is 0. The van der Waals surface area contributed by atoms with Crippen molar-refractivity contribution in [2.24, 2.45) is 0 Å². The molecule has 0 bridgehead atoms. The first-order chi connectivity index (χ1) is 7.76. The Balaban J connectivity index is 2.29. The molecule has 3 nitrogen and oxygen atoms in total.